The monoisotopic (exact) mass is 536 g/mol. The molecule has 5 atom stereocenters. The van der Waals surface area contributed by atoms with Crippen LogP contribution in [0.25, 0.3) is 0 Å². The molecular formula is C25H36N4O9. The van der Waals surface area contributed by atoms with Gasteiger partial charge in [-0.2, -0.15) is 0 Å². The Kier molecular flexibility index (Phi) is 13.5. The Balaban J connectivity index is 3.08. The molecule has 0 heterocycles. The van der Waals surface area contributed by atoms with Crippen molar-refractivity contribution in [3.05, 3.63) is 35.9 Å². The summed E-state index contributed by atoms with van der Waals surface area (Å²) in [4.78, 5) is 72.5. The first-order chi connectivity index (χ1) is 17.8. The van der Waals surface area contributed by atoms with E-state index < -0.39 is 72.6 Å². The Morgan fingerprint density at radius 1 is 0.763 bits per heavy atom. The van der Waals surface area contributed by atoms with Crippen LogP contribution < -0.4 is 21.7 Å². The first-order valence-corrected chi connectivity index (χ1v) is 12.2. The summed E-state index contributed by atoms with van der Waals surface area (Å²) in [5.41, 5.74) is 6.53. The zero-order valence-corrected chi connectivity index (χ0v) is 21.4. The Bertz CT molecular complexity index is 986. The fourth-order valence-electron chi connectivity index (χ4n) is 3.45. The number of nitrogens with two attached hydrogens (primary N) is 1. The first-order valence-electron chi connectivity index (χ1n) is 12.2. The summed E-state index contributed by atoms with van der Waals surface area (Å²) in [5, 5.41) is 34.8. The molecule has 0 aromatic heterocycles. The number of rotatable bonds is 17. The Morgan fingerprint density at radius 3 is 1.63 bits per heavy atom. The largest absolute Gasteiger partial charge is 0.481 e. The van der Waals surface area contributed by atoms with E-state index in [9.17, 15) is 33.9 Å². The van der Waals surface area contributed by atoms with Crippen LogP contribution in [-0.4, -0.2) is 75.1 Å². The summed E-state index contributed by atoms with van der Waals surface area (Å²) < 4.78 is 0. The van der Waals surface area contributed by atoms with Gasteiger partial charge in [0.15, 0.2) is 0 Å². The van der Waals surface area contributed by atoms with Gasteiger partial charge in [-0.1, -0.05) is 50.6 Å². The minimum atomic E-state index is -1.47. The molecule has 13 nitrogen and oxygen atoms in total. The number of nitrogens with one attached hydrogen (secondary N) is 3. The topological polar surface area (TPSA) is 225 Å². The third-order valence-corrected chi connectivity index (χ3v) is 6.02. The number of amides is 3. The third kappa shape index (κ3) is 11.4. The summed E-state index contributed by atoms with van der Waals surface area (Å²) in [5.74, 6) is -6.62. The zero-order valence-electron chi connectivity index (χ0n) is 21.4. The molecule has 13 heteroatoms. The van der Waals surface area contributed by atoms with E-state index in [1.54, 1.807) is 37.3 Å². The summed E-state index contributed by atoms with van der Waals surface area (Å²) in [7, 11) is 0. The lowest BCUT2D eigenvalue weighted by atomic mass is 9.98. The van der Waals surface area contributed by atoms with Crippen LogP contribution in [0.5, 0.6) is 0 Å². The lowest BCUT2D eigenvalue weighted by molar-refractivity contribution is -0.143. The van der Waals surface area contributed by atoms with E-state index in [2.05, 4.69) is 16.0 Å². The molecule has 0 bridgehead atoms. The van der Waals surface area contributed by atoms with Gasteiger partial charge in [0.05, 0.1) is 6.04 Å². The van der Waals surface area contributed by atoms with Crippen molar-refractivity contribution < 1.29 is 44.1 Å². The maximum absolute atomic E-state index is 13.0. The highest BCUT2D eigenvalue weighted by Crippen LogP contribution is 2.09. The first kappa shape index (κ1) is 32.0. The van der Waals surface area contributed by atoms with Crippen molar-refractivity contribution >= 4 is 35.6 Å². The Morgan fingerprint density at radius 2 is 1.21 bits per heavy atom. The van der Waals surface area contributed by atoms with E-state index in [1.165, 1.54) is 0 Å². The number of carbonyl (C=O) groups excluding carboxylic acids is 3. The van der Waals surface area contributed by atoms with Gasteiger partial charge >= 0.3 is 17.9 Å². The maximum Gasteiger partial charge on any atom is 0.326 e. The second-order valence-corrected chi connectivity index (χ2v) is 8.99. The zero-order chi connectivity index (χ0) is 28.8. The van der Waals surface area contributed by atoms with Crippen molar-refractivity contribution in [2.75, 3.05) is 0 Å². The molecule has 0 spiro atoms. The van der Waals surface area contributed by atoms with Crippen LogP contribution in [0, 0.1) is 5.92 Å². The number of carboxylic acid groups (broad SMARTS) is 3. The molecule has 1 aromatic rings. The van der Waals surface area contributed by atoms with E-state index in [0.29, 0.717) is 12.0 Å². The highest BCUT2D eigenvalue weighted by Gasteiger charge is 2.31. The Labute approximate surface area is 220 Å². The average Bonchev–Trinajstić information content (AvgIpc) is 2.87. The van der Waals surface area contributed by atoms with Gasteiger partial charge in [0.2, 0.25) is 17.7 Å². The molecule has 3 amide bonds. The van der Waals surface area contributed by atoms with Crippen LogP contribution in [0.15, 0.2) is 30.3 Å². The van der Waals surface area contributed by atoms with Crippen LogP contribution in [0.1, 0.15) is 51.5 Å². The van der Waals surface area contributed by atoms with Gasteiger partial charge in [-0.05, 0) is 24.3 Å². The summed E-state index contributed by atoms with van der Waals surface area (Å²) >= 11 is 0. The number of hydrogen-bond donors (Lipinski definition) is 7. The number of hydrogen-bond acceptors (Lipinski definition) is 7. The molecule has 0 aliphatic carbocycles. The minimum absolute atomic E-state index is 0.0632. The highest BCUT2D eigenvalue weighted by atomic mass is 16.4. The lowest BCUT2D eigenvalue weighted by Crippen LogP contribution is -2.57. The molecule has 0 radical (unpaired) electrons. The van der Waals surface area contributed by atoms with Gasteiger partial charge in [-0.15, -0.1) is 0 Å². The highest BCUT2D eigenvalue weighted by molar-refractivity contribution is 5.94. The molecule has 0 saturated heterocycles. The summed E-state index contributed by atoms with van der Waals surface area (Å²) in [6.07, 6.45) is -1.20. The van der Waals surface area contributed by atoms with Crippen LogP contribution in [-0.2, 0) is 35.2 Å². The SMILES string of the molecule is CCC(C)C(N)C(=O)NC(CCC(=O)O)C(=O)NC(CCC(=O)O)C(=O)NC(Cc1ccccc1)C(=O)O. The fourth-order valence-corrected chi connectivity index (χ4v) is 3.45. The fraction of sp³-hybridized carbons (Fsp3) is 0.520. The predicted octanol–water partition coefficient (Wildman–Crippen LogP) is -0.129. The van der Waals surface area contributed by atoms with Crippen LogP contribution in [0.4, 0.5) is 0 Å². The smallest absolute Gasteiger partial charge is 0.326 e. The lowest BCUT2D eigenvalue weighted by Gasteiger charge is -2.26. The quantitative estimate of drug-likeness (QED) is 0.140. The Hall–Kier alpha value is -4.00. The molecule has 38 heavy (non-hydrogen) atoms. The van der Waals surface area contributed by atoms with Gasteiger partial charge < -0.3 is 37.0 Å². The third-order valence-electron chi connectivity index (χ3n) is 6.02. The second kappa shape index (κ2) is 16.0. The van der Waals surface area contributed by atoms with Crippen molar-refractivity contribution in [3.8, 4) is 0 Å². The number of benzene rings is 1. The van der Waals surface area contributed by atoms with E-state index in [1.807, 2.05) is 6.92 Å². The van der Waals surface area contributed by atoms with Crippen molar-refractivity contribution in [1.29, 1.82) is 0 Å². The van der Waals surface area contributed by atoms with Crippen molar-refractivity contribution in [1.82, 2.24) is 16.0 Å². The van der Waals surface area contributed by atoms with Gasteiger partial charge in [0.1, 0.15) is 18.1 Å². The van der Waals surface area contributed by atoms with Crippen molar-refractivity contribution in [2.24, 2.45) is 11.7 Å². The maximum atomic E-state index is 13.0. The molecule has 1 aromatic carbocycles. The van der Waals surface area contributed by atoms with Crippen molar-refractivity contribution in [2.45, 2.75) is 76.5 Å². The van der Waals surface area contributed by atoms with Crippen LogP contribution in [0.3, 0.4) is 0 Å². The van der Waals surface area contributed by atoms with Gasteiger partial charge in [-0.3, -0.25) is 24.0 Å². The second-order valence-electron chi connectivity index (χ2n) is 8.99. The number of carboxylic acids is 3. The molecular weight excluding hydrogens is 500 g/mol. The molecule has 8 N–H and O–H groups in total. The number of aliphatic carboxylic acids is 3. The van der Waals surface area contributed by atoms with Gasteiger partial charge in [0.25, 0.3) is 0 Å². The minimum Gasteiger partial charge on any atom is -0.481 e. The van der Waals surface area contributed by atoms with E-state index in [-0.39, 0.29) is 25.2 Å². The molecule has 0 fully saturated rings. The molecule has 1 rings (SSSR count). The molecule has 0 aliphatic heterocycles. The molecule has 210 valence electrons. The summed E-state index contributed by atoms with van der Waals surface area (Å²) in [6, 6.07) is 3.29. The molecule has 0 aliphatic rings. The molecule has 0 saturated carbocycles. The molecule has 5 unspecified atom stereocenters. The normalized spacial score (nSPS) is 14.7. The van der Waals surface area contributed by atoms with E-state index >= 15 is 0 Å². The van der Waals surface area contributed by atoms with Gasteiger partial charge in [-0.25, -0.2) is 4.79 Å². The summed E-state index contributed by atoms with van der Waals surface area (Å²) in [6.45, 7) is 3.55. The number of carbonyl (C=O) groups is 6. The average molecular weight is 537 g/mol. The predicted molar refractivity (Wildman–Crippen MR) is 135 cm³/mol. The van der Waals surface area contributed by atoms with Crippen LogP contribution >= 0.6 is 0 Å². The van der Waals surface area contributed by atoms with Crippen LogP contribution in [0.2, 0.25) is 0 Å². The van der Waals surface area contributed by atoms with Gasteiger partial charge in [0, 0.05) is 19.3 Å². The van der Waals surface area contributed by atoms with E-state index in [4.69, 9.17) is 15.9 Å². The standard InChI is InChI=1S/C25H36N4O9/c1-3-14(2)21(26)24(36)28-17(10-12-20(32)33)22(34)27-16(9-11-19(30)31)23(35)29-18(25(37)38)13-15-7-5-4-6-8-15/h4-8,14,16-18,21H,3,9-13,26H2,1-2H3,(H,27,34)(H,28,36)(H,29,35)(H,30,31)(H,32,33)(H,37,38). The van der Waals surface area contributed by atoms with E-state index in [0.717, 1.165) is 0 Å². The van der Waals surface area contributed by atoms with Crippen molar-refractivity contribution in [3.63, 3.8) is 0 Å².